The van der Waals surface area contributed by atoms with Gasteiger partial charge in [-0.15, -0.1) is 0 Å². The minimum Gasteiger partial charge on any atom is -0.545 e. The highest BCUT2D eigenvalue weighted by Gasteiger charge is 2.22. The Morgan fingerprint density at radius 3 is 0.871 bits per heavy atom. The smallest absolute Gasteiger partial charge is 0.306 e. The second kappa shape index (κ2) is 72.0. The third-order valence-electron chi connectivity index (χ3n) is 14.8. The number of carboxylic acids is 1. The average molecular weight is 1280 g/mol. The molecule has 0 aliphatic carbocycles. The van der Waals surface area contributed by atoms with Gasteiger partial charge in [-0.2, -0.15) is 0 Å². The summed E-state index contributed by atoms with van der Waals surface area (Å²) in [6, 6.07) is 0. The van der Waals surface area contributed by atoms with E-state index in [2.05, 4.69) is 208 Å². The highest BCUT2D eigenvalue weighted by Crippen LogP contribution is 2.16. The summed E-state index contributed by atoms with van der Waals surface area (Å²) in [6.07, 6.45) is 108. The molecule has 0 aromatic heterocycles. The number of allylic oxidation sites excluding steroid dienone is 32. The van der Waals surface area contributed by atoms with Gasteiger partial charge in [0.1, 0.15) is 13.2 Å². The van der Waals surface area contributed by atoms with E-state index in [1.165, 1.54) is 83.5 Å². The zero-order valence-electron chi connectivity index (χ0n) is 59.5. The van der Waals surface area contributed by atoms with Crippen LogP contribution >= 0.6 is 0 Å². The number of carbonyl (C=O) groups is 3. The average Bonchev–Trinajstić information content (AvgIpc) is 3.73. The van der Waals surface area contributed by atoms with Crippen molar-refractivity contribution >= 4 is 17.9 Å². The molecule has 0 aliphatic heterocycles. The van der Waals surface area contributed by atoms with E-state index in [4.69, 9.17) is 18.9 Å². The first kappa shape index (κ1) is 87.1. The summed E-state index contributed by atoms with van der Waals surface area (Å²) in [6.45, 7) is 4.47. The molecule has 0 fully saturated rings. The van der Waals surface area contributed by atoms with Crippen molar-refractivity contribution in [1.29, 1.82) is 0 Å². The molecule has 93 heavy (non-hydrogen) atoms. The Hall–Kier alpha value is -5.87. The van der Waals surface area contributed by atoms with E-state index in [9.17, 15) is 19.5 Å². The Balaban J connectivity index is 4.24. The van der Waals surface area contributed by atoms with Gasteiger partial charge in [0.05, 0.1) is 40.3 Å². The Labute approximate surface area is 570 Å². The van der Waals surface area contributed by atoms with Gasteiger partial charge < -0.3 is 33.3 Å². The summed E-state index contributed by atoms with van der Waals surface area (Å²) in [5.74, 6) is -2.35. The SMILES string of the molecule is CC/C=C\C/C=C\C/C=C\C/C=C\C/C=C\C/C=C\C/C=C\C/C=C\C/C=C\C/C=C\C/C=C\CCCCCC(=O)OC(COC(=O)CCCCCCCCCCCCCCCCC/C=C\C/C=C\C/C=C\C/C=C\C/C=C\CC)COC(OCC[N+](C)(C)C)C(=O)[O-]. The number of aliphatic carboxylic acids is 1. The Bertz CT molecular complexity index is 2230. The summed E-state index contributed by atoms with van der Waals surface area (Å²) in [4.78, 5) is 37.5. The van der Waals surface area contributed by atoms with Gasteiger partial charge in [0.2, 0.25) is 0 Å². The van der Waals surface area contributed by atoms with Crippen LogP contribution in [0.4, 0.5) is 0 Å². The molecule has 9 heteroatoms. The molecule has 9 nitrogen and oxygen atoms in total. The largest absolute Gasteiger partial charge is 0.545 e. The normalized spacial score (nSPS) is 13.9. The van der Waals surface area contributed by atoms with Crippen molar-refractivity contribution in [2.75, 3.05) is 47.5 Å². The van der Waals surface area contributed by atoms with Gasteiger partial charge in [0, 0.05) is 12.8 Å². The van der Waals surface area contributed by atoms with E-state index in [0.29, 0.717) is 17.4 Å². The molecule has 2 atom stereocenters. The summed E-state index contributed by atoms with van der Waals surface area (Å²) in [5, 5.41) is 11.8. The first-order valence-corrected chi connectivity index (χ1v) is 36.6. The molecule has 0 spiro atoms. The Morgan fingerprint density at radius 2 is 0.581 bits per heavy atom. The van der Waals surface area contributed by atoms with Crippen molar-refractivity contribution in [3.8, 4) is 0 Å². The number of ether oxygens (including phenoxy) is 4. The molecule has 0 saturated heterocycles. The Morgan fingerprint density at radius 1 is 0.323 bits per heavy atom. The topological polar surface area (TPSA) is 111 Å². The van der Waals surface area contributed by atoms with Crippen molar-refractivity contribution in [1.82, 2.24) is 0 Å². The molecule has 0 aromatic carbocycles. The zero-order chi connectivity index (χ0) is 67.5. The monoisotopic (exact) mass is 1280 g/mol. The predicted octanol–water partition coefficient (Wildman–Crippen LogP) is 22.0. The molecule has 0 radical (unpaired) electrons. The van der Waals surface area contributed by atoms with Crippen LogP contribution in [0.15, 0.2) is 194 Å². The highest BCUT2D eigenvalue weighted by molar-refractivity contribution is 5.70. The van der Waals surface area contributed by atoms with E-state index in [1.54, 1.807) is 0 Å². The van der Waals surface area contributed by atoms with Gasteiger partial charge in [-0.05, 0) is 141 Å². The number of hydrogen-bond acceptors (Lipinski definition) is 8. The van der Waals surface area contributed by atoms with Crippen molar-refractivity contribution in [3.63, 3.8) is 0 Å². The van der Waals surface area contributed by atoms with Crippen LogP contribution in [-0.2, 0) is 33.3 Å². The van der Waals surface area contributed by atoms with Crippen LogP contribution in [0.25, 0.3) is 0 Å². The van der Waals surface area contributed by atoms with Crippen LogP contribution in [-0.4, -0.2) is 82.3 Å². The van der Waals surface area contributed by atoms with Gasteiger partial charge in [-0.3, -0.25) is 9.59 Å². The van der Waals surface area contributed by atoms with E-state index in [-0.39, 0.29) is 38.6 Å². The maximum absolute atomic E-state index is 12.9. The number of nitrogens with zero attached hydrogens (tertiary/aromatic N) is 1. The lowest BCUT2D eigenvalue weighted by Gasteiger charge is -2.26. The molecule has 0 aromatic rings. The maximum atomic E-state index is 12.9. The highest BCUT2D eigenvalue weighted by atomic mass is 16.7. The first-order chi connectivity index (χ1) is 45.6. The van der Waals surface area contributed by atoms with Crippen LogP contribution in [0.2, 0.25) is 0 Å². The van der Waals surface area contributed by atoms with Crippen molar-refractivity contribution < 1.29 is 42.9 Å². The molecule has 0 heterocycles. The fourth-order valence-electron chi connectivity index (χ4n) is 9.33. The fraction of sp³-hybridized carbons (Fsp3) is 0.583. The van der Waals surface area contributed by atoms with Gasteiger partial charge in [0.25, 0.3) is 0 Å². The standard InChI is InChI=1S/C84H133NO8/c1-6-8-10-12-14-16-18-20-22-24-26-28-30-32-34-36-38-39-40-41-42-43-45-47-49-51-53-55-57-59-61-63-65-67-69-71-73-75-82(87)93-80(79-92-84(83(88)89)90-77-76-85(3,4)5)78-91-81(86)74-72-70-68-66-64-62-60-58-56-54-52-50-48-46-44-37-35-33-31-29-27-25-23-21-19-17-15-13-11-9-7-2/h8-11,14-17,20-23,26-29,32-35,38-39,41-42,45,47,51,53,57,59,63,65,80,84H,6-7,12-13,18-19,24-25,30-31,36-37,40,43-44,46,48-50,52,54-56,58,60-62,64,66-79H2,1-5H3/b10-8-,11-9-,16-14-,17-15-,22-20-,23-21-,28-26-,29-27-,34-32-,35-33-,39-38-,42-41-,47-45-,53-51-,59-57-,65-63-. The number of unbranched alkanes of at least 4 members (excludes halogenated alkanes) is 18. The molecule has 522 valence electrons. The summed E-state index contributed by atoms with van der Waals surface area (Å²) in [7, 11) is 5.91. The molecular formula is C84H133NO8. The number of hydrogen-bond donors (Lipinski definition) is 0. The van der Waals surface area contributed by atoms with E-state index < -0.39 is 24.3 Å². The minimum absolute atomic E-state index is 0.131. The van der Waals surface area contributed by atoms with Gasteiger partial charge in [0.15, 0.2) is 12.4 Å². The zero-order valence-corrected chi connectivity index (χ0v) is 59.5. The van der Waals surface area contributed by atoms with E-state index in [0.717, 1.165) is 141 Å². The number of esters is 2. The van der Waals surface area contributed by atoms with E-state index >= 15 is 0 Å². The molecule has 0 bridgehead atoms. The van der Waals surface area contributed by atoms with Crippen LogP contribution in [0.1, 0.15) is 258 Å². The molecule has 0 saturated carbocycles. The number of likely N-dealkylation sites (N-methyl/N-ethyl adjacent to an activating group) is 1. The summed E-state index contributed by atoms with van der Waals surface area (Å²) >= 11 is 0. The fourth-order valence-corrected chi connectivity index (χ4v) is 9.33. The number of rotatable bonds is 65. The second-order valence-corrected chi connectivity index (χ2v) is 24.8. The quantitative estimate of drug-likeness (QED) is 0.0195. The lowest BCUT2D eigenvalue weighted by Crippen LogP contribution is -2.44. The summed E-state index contributed by atoms with van der Waals surface area (Å²) < 4.78 is 22.8. The van der Waals surface area contributed by atoms with Crippen LogP contribution in [0.3, 0.4) is 0 Å². The minimum atomic E-state index is -1.64. The lowest BCUT2D eigenvalue weighted by atomic mass is 10.0. The molecule has 2 unspecified atom stereocenters. The van der Waals surface area contributed by atoms with Gasteiger partial charge in [-0.1, -0.05) is 298 Å². The number of carbonyl (C=O) groups excluding carboxylic acids is 3. The van der Waals surface area contributed by atoms with Crippen molar-refractivity contribution in [2.45, 2.75) is 270 Å². The van der Waals surface area contributed by atoms with Crippen molar-refractivity contribution in [2.24, 2.45) is 0 Å². The molecule has 0 aliphatic rings. The third-order valence-corrected chi connectivity index (χ3v) is 14.8. The Kier molecular flexibility index (Phi) is 67.4. The molecule has 0 N–H and O–H groups in total. The lowest BCUT2D eigenvalue weighted by molar-refractivity contribution is -0.870. The predicted molar refractivity (Wildman–Crippen MR) is 397 cm³/mol. The second-order valence-electron chi connectivity index (χ2n) is 24.8. The van der Waals surface area contributed by atoms with Gasteiger partial charge in [-0.25, -0.2) is 0 Å². The van der Waals surface area contributed by atoms with Gasteiger partial charge >= 0.3 is 11.9 Å². The van der Waals surface area contributed by atoms with Crippen LogP contribution < -0.4 is 5.11 Å². The third kappa shape index (κ3) is 73.4. The number of quaternary nitrogens is 1. The molecular weight excluding hydrogens is 1150 g/mol. The van der Waals surface area contributed by atoms with Crippen LogP contribution in [0.5, 0.6) is 0 Å². The summed E-state index contributed by atoms with van der Waals surface area (Å²) in [5.41, 5.74) is 0. The molecule has 0 rings (SSSR count). The number of carboxylic acid groups (broad SMARTS) is 1. The maximum Gasteiger partial charge on any atom is 0.306 e. The van der Waals surface area contributed by atoms with E-state index in [1.807, 2.05) is 21.1 Å². The van der Waals surface area contributed by atoms with Crippen molar-refractivity contribution in [3.05, 3.63) is 194 Å². The molecule has 0 amide bonds. The first-order valence-electron chi connectivity index (χ1n) is 36.6. The van der Waals surface area contributed by atoms with Crippen LogP contribution in [0, 0.1) is 0 Å².